The number of rotatable bonds is 4. The predicted octanol–water partition coefficient (Wildman–Crippen LogP) is 4.07. The summed E-state index contributed by atoms with van der Waals surface area (Å²) in [5, 5.41) is 17.4. The fourth-order valence-electron chi connectivity index (χ4n) is 4.68. The van der Waals surface area contributed by atoms with Crippen LogP contribution >= 0.6 is 0 Å². The van der Waals surface area contributed by atoms with Crippen molar-refractivity contribution in [2.75, 3.05) is 26.2 Å². The number of nitrogens with zero attached hydrogens (tertiary/aromatic N) is 3. The minimum absolute atomic E-state index is 0.0200. The van der Waals surface area contributed by atoms with E-state index in [9.17, 15) is 9.18 Å². The van der Waals surface area contributed by atoms with Crippen LogP contribution in [0.5, 0.6) is 0 Å². The summed E-state index contributed by atoms with van der Waals surface area (Å²) in [7, 11) is 0. The van der Waals surface area contributed by atoms with E-state index in [0.29, 0.717) is 18.7 Å². The molecule has 1 amide bonds. The summed E-state index contributed by atoms with van der Waals surface area (Å²) >= 11 is 0. The van der Waals surface area contributed by atoms with Crippen LogP contribution in [0.15, 0.2) is 66.7 Å². The number of hydrogen-bond acceptors (Lipinski definition) is 4. The molecule has 1 aliphatic rings. The number of amides is 1. The van der Waals surface area contributed by atoms with E-state index < -0.39 is 11.9 Å². The van der Waals surface area contributed by atoms with Gasteiger partial charge in [0.2, 0.25) is 0 Å². The molecule has 0 saturated carbocycles. The van der Waals surface area contributed by atoms with Crippen molar-refractivity contribution in [1.82, 2.24) is 14.4 Å². The lowest BCUT2D eigenvalue weighted by Gasteiger charge is -2.34. The van der Waals surface area contributed by atoms with E-state index in [-0.39, 0.29) is 11.7 Å². The number of halogens is 1. The number of aliphatic carboxylic acids is 2. The number of carbonyl (C=O) groups is 3. The van der Waals surface area contributed by atoms with E-state index in [1.807, 2.05) is 4.90 Å². The molecule has 0 spiro atoms. The van der Waals surface area contributed by atoms with Gasteiger partial charge >= 0.3 is 11.9 Å². The van der Waals surface area contributed by atoms with Crippen LogP contribution in [0.1, 0.15) is 22.8 Å². The molecular formula is C28H28FN3O5. The van der Waals surface area contributed by atoms with E-state index in [0.717, 1.165) is 26.2 Å². The maximum atomic E-state index is 13.1. The van der Waals surface area contributed by atoms with Gasteiger partial charge in [-0.1, -0.05) is 24.3 Å². The van der Waals surface area contributed by atoms with Crippen LogP contribution in [0.2, 0.25) is 0 Å². The molecule has 1 saturated heterocycles. The molecule has 2 N–H and O–H groups in total. The van der Waals surface area contributed by atoms with E-state index in [2.05, 4.69) is 58.9 Å². The first-order valence-corrected chi connectivity index (χ1v) is 12.0. The molecule has 0 bridgehead atoms. The molecule has 0 atom stereocenters. The van der Waals surface area contributed by atoms with Gasteiger partial charge in [0, 0.05) is 66.6 Å². The fraction of sp³-hybridized carbons (Fsp3) is 0.250. The average Bonchev–Trinajstić information content (AvgIpc) is 3.22. The van der Waals surface area contributed by atoms with Crippen molar-refractivity contribution < 1.29 is 29.0 Å². The Morgan fingerprint density at radius 1 is 0.811 bits per heavy atom. The Balaban J connectivity index is 0.000000480. The quantitative estimate of drug-likeness (QED) is 0.406. The van der Waals surface area contributed by atoms with Gasteiger partial charge in [0.1, 0.15) is 5.82 Å². The smallest absolute Gasteiger partial charge is 0.414 e. The Bertz CT molecular complexity index is 1430. The highest BCUT2D eigenvalue weighted by Gasteiger charge is 2.22. The summed E-state index contributed by atoms with van der Waals surface area (Å²) in [6.07, 6.45) is 0. The van der Waals surface area contributed by atoms with Gasteiger partial charge in [0.05, 0.1) is 0 Å². The number of carboxylic acid groups (broad SMARTS) is 2. The van der Waals surface area contributed by atoms with Crippen molar-refractivity contribution in [3.8, 4) is 0 Å². The maximum Gasteiger partial charge on any atom is 0.414 e. The lowest BCUT2D eigenvalue weighted by molar-refractivity contribution is -0.159. The Morgan fingerprint density at radius 2 is 1.43 bits per heavy atom. The summed E-state index contributed by atoms with van der Waals surface area (Å²) in [5.41, 5.74) is 4.41. The summed E-state index contributed by atoms with van der Waals surface area (Å²) in [6, 6.07) is 21.2. The van der Waals surface area contributed by atoms with Gasteiger partial charge in [-0.3, -0.25) is 9.69 Å². The highest BCUT2D eigenvalue weighted by atomic mass is 19.1. The molecule has 192 valence electrons. The molecule has 0 unspecified atom stereocenters. The lowest BCUT2D eigenvalue weighted by atomic mass is 10.1. The average molecular weight is 506 g/mol. The first kappa shape index (κ1) is 25.8. The monoisotopic (exact) mass is 505 g/mol. The summed E-state index contributed by atoms with van der Waals surface area (Å²) < 4.78 is 15.5. The molecule has 5 rings (SSSR count). The normalized spacial score (nSPS) is 13.8. The van der Waals surface area contributed by atoms with E-state index in [4.69, 9.17) is 19.8 Å². The summed E-state index contributed by atoms with van der Waals surface area (Å²) in [6.45, 7) is 7.06. The second kappa shape index (κ2) is 11.2. The SMILES string of the molecule is CCn1c2ccccc2c2cc(CN3CCN(C(=O)c4ccc(F)cc4)CC3)ccc21.O=C(O)C(=O)O. The van der Waals surface area contributed by atoms with Crippen molar-refractivity contribution in [3.05, 3.63) is 83.7 Å². The van der Waals surface area contributed by atoms with Gasteiger partial charge in [0.15, 0.2) is 0 Å². The first-order valence-electron chi connectivity index (χ1n) is 12.0. The highest BCUT2D eigenvalue weighted by molar-refractivity contribution is 6.27. The molecule has 37 heavy (non-hydrogen) atoms. The van der Waals surface area contributed by atoms with Gasteiger partial charge in [-0.05, 0) is 55.0 Å². The Morgan fingerprint density at radius 3 is 2.05 bits per heavy atom. The third-order valence-electron chi connectivity index (χ3n) is 6.49. The zero-order valence-corrected chi connectivity index (χ0v) is 20.4. The number of fused-ring (bicyclic) bond motifs is 3. The third-order valence-corrected chi connectivity index (χ3v) is 6.49. The van der Waals surface area contributed by atoms with Crippen LogP contribution in [-0.2, 0) is 22.7 Å². The van der Waals surface area contributed by atoms with Gasteiger partial charge < -0.3 is 19.7 Å². The largest absolute Gasteiger partial charge is 0.473 e. The third kappa shape index (κ3) is 5.78. The summed E-state index contributed by atoms with van der Waals surface area (Å²) in [4.78, 5) is 35.1. The highest BCUT2D eigenvalue weighted by Crippen LogP contribution is 2.30. The number of carbonyl (C=O) groups excluding carboxylic acids is 1. The Labute approximate surface area is 213 Å². The van der Waals surface area contributed by atoms with Crippen LogP contribution in [0.3, 0.4) is 0 Å². The van der Waals surface area contributed by atoms with Crippen LogP contribution in [0, 0.1) is 5.82 Å². The topological polar surface area (TPSA) is 103 Å². The predicted molar refractivity (Wildman–Crippen MR) is 138 cm³/mol. The van der Waals surface area contributed by atoms with Crippen LogP contribution < -0.4 is 0 Å². The number of para-hydroxylation sites is 1. The molecule has 2 heterocycles. The van der Waals surface area contributed by atoms with E-state index in [1.54, 1.807) is 12.1 Å². The van der Waals surface area contributed by atoms with E-state index >= 15 is 0 Å². The number of carboxylic acids is 2. The molecule has 1 aliphatic heterocycles. The minimum atomic E-state index is -1.82. The standard InChI is InChI=1S/C26H26FN3O.C2H2O4/c1-2-30-24-6-4-3-5-22(24)23-17-19(7-12-25(23)30)18-28-13-15-29(16-14-28)26(31)20-8-10-21(27)11-9-20;3-1(4)2(5)6/h3-12,17H,2,13-16,18H2,1H3;(H,3,4)(H,5,6). The van der Waals surface area contributed by atoms with E-state index in [1.165, 1.54) is 39.5 Å². The number of benzene rings is 3. The Hall–Kier alpha value is -4.24. The molecule has 3 aromatic carbocycles. The zero-order chi connectivity index (χ0) is 26.5. The second-order valence-electron chi connectivity index (χ2n) is 8.80. The van der Waals surface area contributed by atoms with Crippen molar-refractivity contribution in [3.63, 3.8) is 0 Å². The number of piperazine rings is 1. The molecule has 4 aromatic rings. The number of aromatic nitrogens is 1. The zero-order valence-electron chi connectivity index (χ0n) is 20.4. The van der Waals surface area contributed by atoms with Crippen molar-refractivity contribution >= 4 is 39.7 Å². The minimum Gasteiger partial charge on any atom is -0.473 e. The number of aryl methyl sites for hydroxylation is 1. The number of hydrogen-bond donors (Lipinski definition) is 2. The molecule has 8 nitrogen and oxygen atoms in total. The Kier molecular flexibility index (Phi) is 7.83. The van der Waals surface area contributed by atoms with Crippen molar-refractivity contribution in [1.29, 1.82) is 0 Å². The van der Waals surface area contributed by atoms with Crippen molar-refractivity contribution in [2.24, 2.45) is 0 Å². The molecule has 9 heteroatoms. The van der Waals surface area contributed by atoms with Crippen molar-refractivity contribution in [2.45, 2.75) is 20.0 Å². The van der Waals surface area contributed by atoms with Gasteiger partial charge in [-0.15, -0.1) is 0 Å². The molecule has 0 aliphatic carbocycles. The molecule has 0 radical (unpaired) electrons. The van der Waals surface area contributed by atoms with Gasteiger partial charge in [-0.25, -0.2) is 14.0 Å². The molecular weight excluding hydrogens is 477 g/mol. The molecule has 1 fully saturated rings. The van der Waals surface area contributed by atoms with Crippen LogP contribution in [0.25, 0.3) is 21.8 Å². The van der Waals surface area contributed by atoms with Gasteiger partial charge in [-0.2, -0.15) is 0 Å². The summed E-state index contributed by atoms with van der Waals surface area (Å²) in [5.74, 6) is -3.99. The fourth-order valence-corrected chi connectivity index (χ4v) is 4.68. The lowest BCUT2D eigenvalue weighted by Crippen LogP contribution is -2.48. The van der Waals surface area contributed by atoms with Crippen LogP contribution in [-0.4, -0.2) is 68.6 Å². The second-order valence-corrected chi connectivity index (χ2v) is 8.80. The van der Waals surface area contributed by atoms with Crippen LogP contribution in [0.4, 0.5) is 4.39 Å². The first-order chi connectivity index (χ1) is 17.8. The molecule has 1 aromatic heterocycles. The van der Waals surface area contributed by atoms with Gasteiger partial charge in [0.25, 0.3) is 5.91 Å². The maximum absolute atomic E-state index is 13.1.